The molecule has 0 radical (unpaired) electrons. The van der Waals surface area contributed by atoms with E-state index in [1.54, 1.807) is 16.4 Å². The van der Waals surface area contributed by atoms with E-state index in [1.807, 2.05) is 19.1 Å². The fourth-order valence-electron chi connectivity index (χ4n) is 3.89. The molecule has 0 unspecified atom stereocenters. The molecule has 5 heteroatoms. The van der Waals surface area contributed by atoms with Crippen LogP contribution in [-0.4, -0.2) is 30.8 Å². The highest BCUT2D eigenvalue weighted by molar-refractivity contribution is 7.89. The summed E-state index contributed by atoms with van der Waals surface area (Å²) in [6.45, 7) is 5.08. The van der Waals surface area contributed by atoms with Crippen LogP contribution in [0.25, 0.3) is 10.9 Å². The Labute approximate surface area is 154 Å². The maximum atomic E-state index is 12.9. The average Bonchev–Trinajstić information content (AvgIpc) is 3.05. The van der Waals surface area contributed by atoms with Gasteiger partial charge in [-0.25, -0.2) is 8.42 Å². The van der Waals surface area contributed by atoms with Gasteiger partial charge in [0.2, 0.25) is 10.0 Å². The summed E-state index contributed by atoms with van der Waals surface area (Å²) in [6.07, 6.45) is 1.69. The number of fused-ring (bicyclic) bond motifs is 1. The Kier molecular flexibility index (Phi) is 4.37. The molecule has 2 heterocycles. The lowest BCUT2D eigenvalue weighted by molar-refractivity contribution is 0.317. The molecular weight excluding hydrogens is 344 g/mol. The number of hydrogen-bond donors (Lipinski definition) is 1. The Morgan fingerprint density at radius 2 is 1.73 bits per heavy atom. The number of rotatable bonds is 3. The monoisotopic (exact) mass is 368 g/mol. The van der Waals surface area contributed by atoms with Gasteiger partial charge in [0.25, 0.3) is 0 Å². The van der Waals surface area contributed by atoms with E-state index in [9.17, 15) is 8.42 Å². The van der Waals surface area contributed by atoms with E-state index in [4.69, 9.17) is 0 Å². The van der Waals surface area contributed by atoms with Gasteiger partial charge in [0.15, 0.2) is 0 Å². The summed E-state index contributed by atoms with van der Waals surface area (Å²) in [4.78, 5) is 3.95. The third kappa shape index (κ3) is 3.06. The summed E-state index contributed by atoms with van der Waals surface area (Å²) < 4.78 is 27.5. The topological polar surface area (TPSA) is 53.2 Å². The van der Waals surface area contributed by atoms with Crippen LogP contribution in [0.3, 0.4) is 0 Å². The molecule has 0 saturated carbocycles. The van der Waals surface area contributed by atoms with Crippen molar-refractivity contribution in [3.63, 3.8) is 0 Å². The van der Waals surface area contributed by atoms with Gasteiger partial charge < -0.3 is 4.98 Å². The van der Waals surface area contributed by atoms with E-state index in [0.717, 1.165) is 23.9 Å². The van der Waals surface area contributed by atoms with Crippen molar-refractivity contribution in [3.8, 4) is 0 Å². The summed E-state index contributed by atoms with van der Waals surface area (Å²) in [7, 11) is -3.41. The number of benzene rings is 2. The number of aromatic amines is 1. The molecule has 1 aromatic heterocycles. The molecule has 1 saturated heterocycles. The SMILES string of the molecule is Cc1ccc2[nH]c(C3CCN(S(=O)(=O)c4ccccc4C)CC3)cc2c1. The number of hydrogen-bond acceptors (Lipinski definition) is 2. The third-order valence-corrected chi connectivity index (χ3v) is 7.46. The third-order valence-electron chi connectivity index (χ3n) is 5.40. The Hall–Kier alpha value is -2.11. The highest BCUT2D eigenvalue weighted by Crippen LogP contribution is 2.32. The molecule has 0 amide bonds. The van der Waals surface area contributed by atoms with Crippen molar-refractivity contribution in [1.82, 2.24) is 9.29 Å². The first-order valence-electron chi connectivity index (χ1n) is 9.10. The van der Waals surface area contributed by atoms with Crippen LogP contribution in [0.1, 0.15) is 35.6 Å². The summed E-state index contributed by atoms with van der Waals surface area (Å²) in [6, 6.07) is 15.9. The molecule has 1 fully saturated rings. The summed E-state index contributed by atoms with van der Waals surface area (Å²) in [5.74, 6) is 0.381. The predicted octanol–water partition coefficient (Wildman–Crippen LogP) is 4.35. The molecule has 1 aliphatic heterocycles. The number of nitrogens with one attached hydrogen (secondary N) is 1. The smallest absolute Gasteiger partial charge is 0.243 e. The van der Waals surface area contributed by atoms with E-state index in [0.29, 0.717) is 23.9 Å². The van der Waals surface area contributed by atoms with Crippen LogP contribution in [0.2, 0.25) is 0 Å². The molecule has 4 nitrogen and oxygen atoms in total. The van der Waals surface area contributed by atoms with Gasteiger partial charge in [-0.3, -0.25) is 0 Å². The highest BCUT2D eigenvalue weighted by Gasteiger charge is 2.31. The molecular formula is C21H24N2O2S. The first-order chi connectivity index (χ1) is 12.4. The van der Waals surface area contributed by atoms with E-state index >= 15 is 0 Å². The second-order valence-electron chi connectivity index (χ2n) is 7.26. The first kappa shape index (κ1) is 17.3. The summed E-state index contributed by atoms with van der Waals surface area (Å²) in [5, 5.41) is 1.23. The van der Waals surface area contributed by atoms with E-state index in [-0.39, 0.29) is 0 Å². The molecule has 0 atom stereocenters. The van der Waals surface area contributed by atoms with Crippen molar-refractivity contribution < 1.29 is 8.42 Å². The van der Waals surface area contributed by atoms with Gasteiger partial charge in [-0.1, -0.05) is 29.8 Å². The van der Waals surface area contributed by atoms with Gasteiger partial charge in [0, 0.05) is 30.2 Å². The Balaban J connectivity index is 1.52. The highest BCUT2D eigenvalue weighted by atomic mass is 32.2. The second kappa shape index (κ2) is 6.56. The zero-order valence-electron chi connectivity index (χ0n) is 15.2. The fraction of sp³-hybridized carbons (Fsp3) is 0.333. The van der Waals surface area contributed by atoms with Gasteiger partial charge in [-0.2, -0.15) is 4.31 Å². The number of aromatic nitrogens is 1. The predicted molar refractivity (Wildman–Crippen MR) is 105 cm³/mol. The molecule has 0 spiro atoms. The van der Waals surface area contributed by atoms with Crippen molar-refractivity contribution in [1.29, 1.82) is 0 Å². The van der Waals surface area contributed by atoms with Crippen molar-refractivity contribution in [3.05, 3.63) is 65.4 Å². The van der Waals surface area contributed by atoms with E-state index in [1.165, 1.54) is 16.6 Å². The van der Waals surface area contributed by atoms with Crippen LogP contribution in [0.4, 0.5) is 0 Å². The fourth-order valence-corrected chi connectivity index (χ4v) is 5.58. The molecule has 136 valence electrons. The Morgan fingerprint density at radius 1 is 1.00 bits per heavy atom. The lowest BCUT2D eigenvalue weighted by Crippen LogP contribution is -2.38. The quantitative estimate of drug-likeness (QED) is 0.747. The van der Waals surface area contributed by atoms with Crippen LogP contribution in [0, 0.1) is 13.8 Å². The molecule has 0 aliphatic carbocycles. The first-order valence-corrected chi connectivity index (χ1v) is 10.5. The molecule has 0 bridgehead atoms. The second-order valence-corrected chi connectivity index (χ2v) is 9.17. The maximum absolute atomic E-state index is 12.9. The molecule has 1 aliphatic rings. The zero-order chi connectivity index (χ0) is 18.3. The summed E-state index contributed by atoms with van der Waals surface area (Å²) in [5.41, 5.74) is 4.43. The van der Waals surface area contributed by atoms with Crippen LogP contribution in [0.15, 0.2) is 53.4 Å². The van der Waals surface area contributed by atoms with Crippen molar-refractivity contribution >= 4 is 20.9 Å². The average molecular weight is 369 g/mol. The van der Waals surface area contributed by atoms with Crippen LogP contribution >= 0.6 is 0 Å². The number of nitrogens with zero attached hydrogens (tertiary/aromatic N) is 1. The summed E-state index contributed by atoms with van der Waals surface area (Å²) >= 11 is 0. The van der Waals surface area contributed by atoms with Crippen molar-refractivity contribution in [2.24, 2.45) is 0 Å². The lowest BCUT2D eigenvalue weighted by Gasteiger charge is -2.31. The van der Waals surface area contributed by atoms with Gasteiger partial charge in [-0.05, 0) is 61.9 Å². The zero-order valence-corrected chi connectivity index (χ0v) is 16.0. The normalized spacial score (nSPS) is 17.0. The van der Waals surface area contributed by atoms with Gasteiger partial charge in [0.05, 0.1) is 4.90 Å². The molecule has 1 N–H and O–H groups in total. The minimum absolute atomic E-state index is 0.381. The lowest BCUT2D eigenvalue weighted by atomic mass is 9.95. The minimum atomic E-state index is -3.41. The van der Waals surface area contributed by atoms with Crippen molar-refractivity contribution in [2.75, 3.05) is 13.1 Å². The van der Waals surface area contributed by atoms with Crippen LogP contribution in [-0.2, 0) is 10.0 Å². The van der Waals surface area contributed by atoms with Crippen LogP contribution in [0.5, 0.6) is 0 Å². The van der Waals surface area contributed by atoms with Gasteiger partial charge in [-0.15, -0.1) is 0 Å². The van der Waals surface area contributed by atoms with Crippen molar-refractivity contribution in [2.45, 2.75) is 37.5 Å². The molecule has 4 rings (SSSR count). The van der Waals surface area contributed by atoms with E-state index in [2.05, 4.69) is 36.2 Å². The van der Waals surface area contributed by atoms with E-state index < -0.39 is 10.0 Å². The maximum Gasteiger partial charge on any atom is 0.243 e. The number of aryl methyl sites for hydroxylation is 2. The number of sulfonamides is 1. The minimum Gasteiger partial charge on any atom is -0.358 e. The number of H-pyrrole nitrogens is 1. The Bertz CT molecular complexity index is 1040. The molecule has 3 aromatic rings. The van der Waals surface area contributed by atoms with Gasteiger partial charge in [0.1, 0.15) is 0 Å². The van der Waals surface area contributed by atoms with Gasteiger partial charge >= 0.3 is 0 Å². The largest absolute Gasteiger partial charge is 0.358 e. The Morgan fingerprint density at radius 3 is 2.46 bits per heavy atom. The number of piperidine rings is 1. The molecule has 26 heavy (non-hydrogen) atoms. The standard InChI is InChI=1S/C21H24N2O2S/c1-15-7-8-19-18(13-15)14-20(22-19)17-9-11-23(12-10-17)26(24,25)21-6-4-3-5-16(21)2/h3-8,13-14,17,22H,9-12H2,1-2H3. The molecule has 2 aromatic carbocycles. The van der Waals surface area contributed by atoms with Crippen LogP contribution < -0.4 is 0 Å².